The Hall–Kier alpha value is -0.900. The third-order valence-corrected chi connectivity index (χ3v) is 4.53. The van der Waals surface area contributed by atoms with Crippen LogP contribution in [-0.4, -0.2) is 30.9 Å². The van der Waals surface area contributed by atoms with Gasteiger partial charge in [-0.15, -0.1) is 0 Å². The van der Waals surface area contributed by atoms with Crippen molar-refractivity contribution in [3.63, 3.8) is 0 Å². The minimum absolute atomic E-state index is 0.00372. The maximum absolute atomic E-state index is 12.7. The van der Waals surface area contributed by atoms with Gasteiger partial charge in [-0.25, -0.2) is 0 Å². The predicted octanol–water partition coefficient (Wildman–Crippen LogP) is 3.34. The van der Waals surface area contributed by atoms with E-state index in [2.05, 4.69) is 5.32 Å². The molecule has 1 aliphatic carbocycles. The first-order chi connectivity index (χ1) is 9.96. The topological polar surface area (TPSA) is 55.4 Å². The van der Waals surface area contributed by atoms with Gasteiger partial charge in [0, 0.05) is 18.4 Å². The van der Waals surface area contributed by atoms with Gasteiger partial charge in [0.1, 0.15) is 0 Å². The number of nitrogens with one attached hydrogen (secondary N) is 1. The smallest absolute Gasteiger partial charge is 0.223 e. The average Bonchev–Trinajstić information content (AvgIpc) is 2.41. The molecule has 1 rings (SSSR count). The molecule has 4 heteroatoms. The first-order valence-electron chi connectivity index (χ1n) is 8.34. The Labute approximate surface area is 135 Å². The van der Waals surface area contributed by atoms with Gasteiger partial charge in [-0.2, -0.15) is 0 Å². The SMILES string of the molecule is COC1CCC(C(=O)NC(C(=O)C(C)(C)C)C(C)(C)C)CC1. The summed E-state index contributed by atoms with van der Waals surface area (Å²) >= 11 is 0. The molecule has 1 atom stereocenters. The highest BCUT2D eigenvalue weighted by Crippen LogP contribution is 2.30. The van der Waals surface area contributed by atoms with E-state index in [1.54, 1.807) is 7.11 Å². The summed E-state index contributed by atoms with van der Waals surface area (Å²) in [5, 5.41) is 3.04. The van der Waals surface area contributed by atoms with Crippen molar-refractivity contribution in [2.24, 2.45) is 16.7 Å². The standard InChI is InChI=1S/C18H33NO3/c1-17(2,3)14(15(20)18(4,5)6)19-16(21)12-8-10-13(22-7)11-9-12/h12-14H,8-11H2,1-7H3,(H,19,21). The Morgan fingerprint density at radius 3 is 1.86 bits per heavy atom. The molecule has 0 bridgehead atoms. The van der Waals surface area contributed by atoms with E-state index in [0.29, 0.717) is 0 Å². The van der Waals surface area contributed by atoms with Gasteiger partial charge >= 0.3 is 0 Å². The maximum Gasteiger partial charge on any atom is 0.223 e. The normalized spacial score (nSPS) is 24.7. The van der Waals surface area contributed by atoms with Crippen molar-refractivity contribution in [3.05, 3.63) is 0 Å². The summed E-state index contributed by atoms with van der Waals surface area (Å²) in [6.07, 6.45) is 3.79. The largest absolute Gasteiger partial charge is 0.381 e. The highest BCUT2D eigenvalue weighted by atomic mass is 16.5. The van der Waals surface area contributed by atoms with Crippen molar-refractivity contribution < 1.29 is 14.3 Å². The van der Waals surface area contributed by atoms with Crippen molar-refractivity contribution in [2.45, 2.75) is 79.4 Å². The number of ether oxygens (including phenoxy) is 1. The van der Waals surface area contributed by atoms with Gasteiger partial charge in [-0.1, -0.05) is 41.5 Å². The van der Waals surface area contributed by atoms with E-state index in [9.17, 15) is 9.59 Å². The highest BCUT2D eigenvalue weighted by molar-refractivity contribution is 5.93. The zero-order valence-corrected chi connectivity index (χ0v) is 15.3. The lowest BCUT2D eigenvalue weighted by Crippen LogP contribution is -2.54. The third kappa shape index (κ3) is 5.08. The molecule has 0 spiro atoms. The second-order valence-electron chi connectivity index (χ2n) is 8.63. The summed E-state index contributed by atoms with van der Waals surface area (Å²) in [4.78, 5) is 25.3. The first-order valence-corrected chi connectivity index (χ1v) is 8.34. The molecule has 1 unspecified atom stereocenters. The van der Waals surface area contributed by atoms with E-state index >= 15 is 0 Å². The molecular weight excluding hydrogens is 278 g/mol. The van der Waals surface area contributed by atoms with Crippen LogP contribution in [0.25, 0.3) is 0 Å². The molecule has 0 aliphatic heterocycles. The second-order valence-corrected chi connectivity index (χ2v) is 8.63. The number of hydrogen-bond acceptors (Lipinski definition) is 3. The predicted molar refractivity (Wildman–Crippen MR) is 88.6 cm³/mol. The van der Waals surface area contributed by atoms with Gasteiger partial charge in [0.15, 0.2) is 5.78 Å². The van der Waals surface area contributed by atoms with Crippen LogP contribution in [0.1, 0.15) is 67.2 Å². The fraction of sp³-hybridized carbons (Fsp3) is 0.889. The summed E-state index contributed by atoms with van der Waals surface area (Å²) in [7, 11) is 1.72. The average molecular weight is 311 g/mol. The van der Waals surface area contributed by atoms with Crippen molar-refractivity contribution in [3.8, 4) is 0 Å². The minimum Gasteiger partial charge on any atom is -0.381 e. The summed E-state index contributed by atoms with van der Waals surface area (Å²) in [6.45, 7) is 11.7. The summed E-state index contributed by atoms with van der Waals surface area (Å²) in [5.41, 5.74) is -0.747. The number of carbonyl (C=O) groups is 2. The molecule has 0 heterocycles. The quantitative estimate of drug-likeness (QED) is 0.866. The molecule has 1 N–H and O–H groups in total. The minimum atomic E-state index is -0.459. The molecule has 1 amide bonds. The lowest BCUT2D eigenvalue weighted by molar-refractivity contribution is -0.137. The van der Waals surface area contributed by atoms with Crippen LogP contribution < -0.4 is 5.32 Å². The zero-order chi connectivity index (χ0) is 17.1. The van der Waals surface area contributed by atoms with Crippen molar-refractivity contribution in [2.75, 3.05) is 7.11 Å². The molecule has 128 valence electrons. The summed E-state index contributed by atoms with van der Waals surface area (Å²) in [5.74, 6) is 0.120. The van der Waals surface area contributed by atoms with E-state index in [1.165, 1.54) is 0 Å². The highest BCUT2D eigenvalue weighted by Gasteiger charge is 2.39. The summed E-state index contributed by atoms with van der Waals surface area (Å²) < 4.78 is 5.35. The van der Waals surface area contributed by atoms with Crippen LogP contribution in [0.3, 0.4) is 0 Å². The Bertz CT molecular complexity index is 396. The maximum atomic E-state index is 12.7. The lowest BCUT2D eigenvalue weighted by Gasteiger charge is -2.36. The number of Topliss-reactive ketones (excluding diaryl/α,β-unsaturated/α-hetero) is 1. The molecule has 4 nitrogen and oxygen atoms in total. The van der Waals surface area contributed by atoms with E-state index in [4.69, 9.17) is 4.74 Å². The number of amides is 1. The molecule has 1 saturated carbocycles. The van der Waals surface area contributed by atoms with Crippen LogP contribution in [0.15, 0.2) is 0 Å². The van der Waals surface area contributed by atoms with Gasteiger partial charge in [-0.05, 0) is 31.1 Å². The van der Waals surface area contributed by atoms with Crippen molar-refractivity contribution >= 4 is 11.7 Å². The van der Waals surface area contributed by atoms with Crippen LogP contribution in [-0.2, 0) is 14.3 Å². The molecule has 22 heavy (non-hydrogen) atoms. The fourth-order valence-corrected chi connectivity index (χ4v) is 2.93. The summed E-state index contributed by atoms with van der Waals surface area (Å²) in [6, 6.07) is -0.444. The zero-order valence-electron chi connectivity index (χ0n) is 15.3. The Morgan fingerprint density at radius 2 is 1.50 bits per heavy atom. The van der Waals surface area contributed by atoms with E-state index < -0.39 is 11.5 Å². The third-order valence-electron chi connectivity index (χ3n) is 4.53. The van der Waals surface area contributed by atoms with Crippen LogP contribution in [0.4, 0.5) is 0 Å². The van der Waals surface area contributed by atoms with Gasteiger partial charge in [0.05, 0.1) is 12.1 Å². The molecule has 0 aromatic carbocycles. The van der Waals surface area contributed by atoms with Gasteiger partial charge in [-0.3, -0.25) is 9.59 Å². The number of ketones is 1. The Kier molecular flexibility index (Phi) is 6.19. The van der Waals surface area contributed by atoms with Crippen LogP contribution >= 0.6 is 0 Å². The molecule has 1 fully saturated rings. The molecule has 0 aromatic heterocycles. The Morgan fingerprint density at radius 1 is 1.00 bits per heavy atom. The number of hydrogen-bond donors (Lipinski definition) is 1. The second kappa shape index (κ2) is 7.12. The first kappa shape index (κ1) is 19.1. The molecule has 0 radical (unpaired) electrons. The van der Waals surface area contributed by atoms with Gasteiger partial charge in [0.25, 0.3) is 0 Å². The monoisotopic (exact) mass is 311 g/mol. The number of methoxy groups -OCH3 is 1. The van der Waals surface area contributed by atoms with Crippen LogP contribution in [0, 0.1) is 16.7 Å². The van der Waals surface area contributed by atoms with Crippen molar-refractivity contribution in [1.29, 1.82) is 0 Å². The number of rotatable bonds is 4. The van der Waals surface area contributed by atoms with Crippen molar-refractivity contribution in [1.82, 2.24) is 5.32 Å². The molecule has 0 saturated heterocycles. The van der Waals surface area contributed by atoms with Crippen LogP contribution in [0.5, 0.6) is 0 Å². The number of carbonyl (C=O) groups excluding carboxylic acids is 2. The fourth-order valence-electron chi connectivity index (χ4n) is 2.93. The molecular formula is C18H33NO3. The Balaban J connectivity index is 2.75. The molecule has 1 aliphatic rings. The van der Waals surface area contributed by atoms with E-state index in [-0.39, 0.29) is 29.1 Å². The molecule has 0 aromatic rings. The van der Waals surface area contributed by atoms with E-state index in [1.807, 2.05) is 41.5 Å². The van der Waals surface area contributed by atoms with Gasteiger partial charge in [0.2, 0.25) is 5.91 Å². The van der Waals surface area contributed by atoms with Crippen LogP contribution in [0.2, 0.25) is 0 Å². The van der Waals surface area contributed by atoms with E-state index in [0.717, 1.165) is 25.7 Å². The van der Waals surface area contributed by atoms with Gasteiger partial charge < -0.3 is 10.1 Å². The lowest BCUT2D eigenvalue weighted by atomic mass is 9.75.